The molecule has 0 aromatic heterocycles. The largest absolute Gasteiger partial charge is 0.480 e. The molecule has 4 heteroatoms. The van der Waals surface area contributed by atoms with E-state index in [4.69, 9.17) is 0 Å². The number of rotatable bonds is 8. The fraction of sp³-hybridized carbons (Fsp3) is 0.923. The first-order valence-corrected chi connectivity index (χ1v) is 6.55. The van der Waals surface area contributed by atoms with Crippen LogP contribution in [0.2, 0.25) is 0 Å². The van der Waals surface area contributed by atoms with E-state index < -0.39 is 11.5 Å². The van der Waals surface area contributed by atoms with Crippen molar-refractivity contribution in [2.45, 2.75) is 51.6 Å². The number of carboxylic acid groups (broad SMARTS) is 1. The summed E-state index contributed by atoms with van der Waals surface area (Å²) in [5, 5.41) is 12.1. The van der Waals surface area contributed by atoms with Crippen molar-refractivity contribution in [1.82, 2.24) is 10.2 Å². The second-order valence-corrected chi connectivity index (χ2v) is 5.76. The normalized spacial score (nSPS) is 19.6. The minimum absolute atomic E-state index is 0.640. The van der Waals surface area contributed by atoms with E-state index in [1.807, 2.05) is 0 Å². The molecule has 2 N–H and O–H groups in total. The Hall–Kier alpha value is -0.610. The van der Waals surface area contributed by atoms with Gasteiger partial charge in [0, 0.05) is 19.1 Å². The van der Waals surface area contributed by atoms with E-state index in [1.165, 1.54) is 12.8 Å². The highest BCUT2D eigenvalue weighted by Gasteiger charge is 2.34. The van der Waals surface area contributed by atoms with Gasteiger partial charge in [-0.3, -0.25) is 4.79 Å². The topological polar surface area (TPSA) is 52.6 Å². The van der Waals surface area contributed by atoms with Gasteiger partial charge in [0.2, 0.25) is 0 Å². The van der Waals surface area contributed by atoms with Gasteiger partial charge in [-0.1, -0.05) is 13.8 Å². The predicted molar refractivity (Wildman–Crippen MR) is 69.2 cm³/mol. The molecule has 1 aliphatic carbocycles. The summed E-state index contributed by atoms with van der Waals surface area (Å²) in [6.07, 6.45) is 3.20. The lowest BCUT2D eigenvalue weighted by Gasteiger charge is -2.30. The third-order valence-electron chi connectivity index (χ3n) is 3.59. The average molecular weight is 242 g/mol. The standard InChI is InChI=1S/C13H26N2O2/c1-10(2)9-15(11-5-6-11)8-7-13(3,14-4)12(16)17/h10-11,14H,5-9H2,1-4H3,(H,16,17). The summed E-state index contributed by atoms with van der Waals surface area (Å²) in [6.45, 7) is 8.13. The maximum atomic E-state index is 11.2. The molecule has 1 aliphatic rings. The minimum Gasteiger partial charge on any atom is -0.480 e. The first kappa shape index (κ1) is 14.5. The number of likely N-dealkylation sites (N-methyl/N-ethyl adjacent to an activating group) is 1. The molecule has 0 saturated heterocycles. The van der Waals surface area contributed by atoms with Gasteiger partial charge in [0.1, 0.15) is 5.54 Å². The molecule has 0 radical (unpaired) electrons. The lowest BCUT2D eigenvalue weighted by atomic mass is 9.98. The van der Waals surface area contributed by atoms with Gasteiger partial charge in [0.05, 0.1) is 0 Å². The maximum absolute atomic E-state index is 11.2. The number of carboxylic acids is 1. The fourth-order valence-corrected chi connectivity index (χ4v) is 2.04. The van der Waals surface area contributed by atoms with E-state index in [-0.39, 0.29) is 0 Å². The molecule has 1 fully saturated rings. The summed E-state index contributed by atoms with van der Waals surface area (Å²) < 4.78 is 0. The number of nitrogens with zero attached hydrogens (tertiary/aromatic N) is 1. The van der Waals surface area contributed by atoms with Crippen LogP contribution in [0.5, 0.6) is 0 Å². The molecule has 4 nitrogen and oxygen atoms in total. The van der Waals surface area contributed by atoms with Crippen LogP contribution in [-0.2, 0) is 4.79 Å². The SMILES string of the molecule is CNC(C)(CCN(CC(C)C)C1CC1)C(=O)O. The smallest absolute Gasteiger partial charge is 0.323 e. The van der Waals surface area contributed by atoms with Gasteiger partial charge in [-0.15, -0.1) is 0 Å². The molecule has 1 unspecified atom stereocenters. The molecule has 1 rings (SSSR count). The molecule has 1 atom stereocenters. The van der Waals surface area contributed by atoms with Crippen LogP contribution in [0.15, 0.2) is 0 Å². The highest BCUT2D eigenvalue weighted by molar-refractivity contribution is 5.78. The van der Waals surface area contributed by atoms with Crippen molar-refractivity contribution < 1.29 is 9.90 Å². The Morgan fingerprint density at radius 2 is 2.12 bits per heavy atom. The summed E-state index contributed by atoms with van der Waals surface area (Å²) in [7, 11) is 1.72. The number of aliphatic carboxylic acids is 1. The van der Waals surface area contributed by atoms with E-state index >= 15 is 0 Å². The van der Waals surface area contributed by atoms with E-state index in [0.29, 0.717) is 18.4 Å². The molecule has 0 bridgehead atoms. The van der Waals surface area contributed by atoms with Crippen molar-refractivity contribution in [3.8, 4) is 0 Å². The maximum Gasteiger partial charge on any atom is 0.323 e. The predicted octanol–water partition coefficient (Wildman–Crippen LogP) is 1.56. The zero-order valence-electron chi connectivity index (χ0n) is 11.5. The lowest BCUT2D eigenvalue weighted by molar-refractivity contribution is -0.144. The zero-order chi connectivity index (χ0) is 13.1. The summed E-state index contributed by atoms with van der Waals surface area (Å²) >= 11 is 0. The molecule has 0 spiro atoms. The summed E-state index contributed by atoms with van der Waals surface area (Å²) in [5.41, 5.74) is -0.801. The van der Waals surface area contributed by atoms with Crippen LogP contribution in [0, 0.1) is 5.92 Å². The van der Waals surface area contributed by atoms with Crippen molar-refractivity contribution in [2.75, 3.05) is 20.1 Å². The van der Waals surface area contributed by atoms with E-state index in [2.05, 4.69) is 24.1 Å². The fourth-order valence-electron chi connectivity index (χ4n) is 2.04. The monoisotopic (exact) mass is 242 g/mol. The quantitative estimate of drug-likeness (QED) is 0.678. The molecule has 0 aromatic rings. The molecule has 0 amide bonds. The van der Waals surface area contributed by atoms with E-state index in [1.54, 1.807) is 14.0 Å². The van der Waals surface area contributed by atoms with E-state index in [9.17, 15) is 9.90 Å². The summed E-state index contributed by atoms with van der Waals surface area (Å²) in [6, 6.07) is 0.701. The lowest BCUT2D eigenvalue weighted by Crippen LogP contribution is -2.50. The van der Waals surface area contributed by atoms with Gasteiger partial charge >= 0.3 is 5.97 Å². The van der Waals surface area contributed by atoms with Crippen molar-refractivity contribution in [1.29, 1.82) is 0 Å². The number of nitrogens with one attached hydrogen (secondary N) is 1. The molecular weight excluding hydrogens is 216 g/mol. The van der Waals surface area contributed by atoms with Crippen molar-refractivity contribution >= 4 is 5.97 Å². The third-order valence-corrected chi connectivity index (χ3v) is 3.59. The Kier molecular flexibility index (Phi) is 4.95. The van der Waals surface area contributed by atoms with Crippen LogP contribution in [0.4, 0.5) is 0 Å². The van der Waals surface area contributed by atoms with Gasteiger partial charge < -0.3 is 15.3 Å². The second-order valence-electron chi connectivity index (χ2n) is 5.76. The second kappa shape index (κ2) is 5.83. The molecule has 0 aliphatic heterocycles. The van der Waals surface area contributed by atoms with Gasteiger partial charge in [-0.05, 0) is 39.2 Å². The molecule has 17 heavy (non-hydrogen) atoms. The third kappa shape index (κ3) is 4.28. The highest BCUT2D eigenvalue weighted by Crippen LogP contribution is 2.28. The Labute approximate surface area is 104 Å². The Morgan fingerprint density at radius 3 is 2.47 bits per heavy atom. The molecule has 100 valence electrons. The zero-order valence-corrected chi connectivity index (χ0v) is 11.5. The minimum atomic E-state index is -0.801. The van der Waals surface area contributed by atoms with Crippen LogP contribution in [0.3, 0.4) is 0 Å². The van der Waals surface area contributed by atoms with Crippen molar-refractivity contribution in [3.63, 3.8) is 0 Å². The Balaban J connectivity index is 2.47. The molecule has 0 heterocycles. The van der Waals surface area contributed by atoms with Gasteiger partial charge in [0.25, 0.3) is 0 Å². The van der Waals surface area contributed by atoms with E-state index in [0.717, 1.165) is 13.1 Å². The molecule has 0 aromatic carbocycles. The van der Waals surface area contributed by atoms with Crippen molar-refractivity contribution in [3.05, 3.63) is 0 Å². The van der Waals surface area contributed by atoms with Crippen LogP contribution < -0.4 is 5.32 Å². The Morgan fingerprint density at radius 1 is 1.53 bits per heavy atom. The van der Waals surface area contributed by atoms with Crippen LogP contribution in [0.1, 0.15) is 40.0 Å². The summed E-state index contributed by atoms with van der Waals surface area (Å²) in [4.78, 5) is 13.6. The average Bonchev–Trinajstić information content (AvgIpc) is 3.06. The highest BCUT2D eigenvalue weighted by atomic mass is 16.4. The van der Waals surface area contributed by atoms with Crippen LogP contribution >= 0.6 is 0 Å². The first-order chi connectivity index (χ1) is 7.89. The van der Waals surface area contributed by atoms with Crippen molar-refractivity contribution in [2.24, 2.45) is 5.92 Å². The van der Waals surface area contributed by atoms with Crippen LogP contribution in [-0.4, -0.2) is 47.7 Å². The first-order valence-electron chi connectivity index (χ1n) is 6.55. The van der Waals surface area contributed by atoms with Gasteiger partial charge in [-0.25, -0.2) is 0 Å². The van der Waals surface area contributed by atoms with Crippen LogP contribution in [0.25, 0.3) is 0 Å². The molecular formula is C13H26N2O2. The summed E-state index contributed by atoms with van der Waals surface area (Å²) in [5.74, 6) is -0.124. The Bertz CT molecular complexity index is 264. The number of hydrogen-bond donors (Lipinski definition) is 2. The van der Waals surface area contributed by atoms with Gasteiger partial charge in [-0.2, -0.15) is 0 Å². The molecule has 1 saturated carbocycles. The number of carbonyl (C=O) groups is 1. The van der Waals surface area contributed by atoms with Gasteiger partial charge in [0.15, 0.2) is 0 Å². The number of hydrogen-bond acceptors (Lipinski definition) is 3.